The summed E-state index contributed by atoms with van der Waals surface area (Å²) in [7, 11) is 1.74. The van der Waals surface area contributed by atoms with Gasteiger partial charge in [0.1, 0.15) is 0 Å². The zero-order chi connectivity index (χ0) is 16.9. The number of hydrogen-bond acceptors (Lipinski definition) is 5. The number of hydrogen-bond donors (Lipinski definition) is 1. The van der Waals surface area contributed by atoms with Crippen LogP contribution in [0.25, 0.3) is 11.3 Å². The Kier molecular flexibility index (Phi) is 4.90. The molecule has 1 aromatic carbocycles. The monoisotopic (exact) mass is 339 g/mol. The van der Waals surface area contributed by atoms with E-state index in [2.05, 4.69) is 20.2 Å². The minimum absolute atomic E-state index is 0.126. The van der Waals surface area contributed by atoms with Gasteiger partial charge in [0, 0.05) is 25.0 Å². The van der Waals surface area contributed by atoms with E-state index >= 15 is 0 Å². The fraction of sp³-hybridized carbons (Fsp3) is 0.176. The summed E-state index contributed by atoms with van der Waals surface area (Å²) in [6.07, 6.45) is 5.01. The quantitative estimate of drug-likeness (QED) is 0.571. The molecule has 3 rings (SSSR count). The van der Waals surface area contributed by atoms with Gasteiger partial charge in [0.15, 0.2) is 5.16 Å². The van der Waals surface area contributed by atoms with Crippen LogP contribution in [0.15, 0.2) is 53.9 Å². The largest absolute Gasteiger partial charge is 0.336 e. The number of thioether (sulfide) groups is 1. The van der Waals surface area contributed by atoms with Gasteiger partial charge in [0.05, 0.1) is 23.5 Å². The minimum atomic E-state index is -0.126. The maximum absolute atomic E-state index is 12.4. The Morgan fingerprint density at radius 3 is 2.58 bits per heavy atom. The fourth-order valence-electron chi connectivity index (χ4n) is 2.28. The van der Waals surface area contributed by atoms with E-state index in [9.17, 15) is 4.79 Å². The number of benzene rings is 1. The van der Waals surface area contributed by atoms with Crippen molar-refractivity contribution in [1.82, 2.24) is 25.1 Å². The number of carbonyl (C=O) groups excluding carboxylic acids is 1. The molecule has 0 saturated carbocycles. The smallest absolute Gasteiger partial charge is 0.257 e. The number of aromatic amines is 1. The summed E-state index contributed by atoms with van der Waals surface area (Å²) in [6, 6.07) is 11.9. The van der Waals surface area contributed by atoms with Crippen molar-refractivity contribution in [1.29, 1.82) is 0 Å². The molecule has 1 N–H and O–H groups in total. The van der Waals surface area contributed by atoms with Crippen LogP contribution >= 0.6 is 11.8 Å². The lowest BCUT2D eigenvalue weighted by Crippen LogP contribution is -2.26. The van der Waals surface area contributed by atoms with Crippen LogP contribution in [0.3, 0.4) is 0 Å². The molecule has 0 fully saturated rings. The normalized spacial score (nSPS) is 10.6. The summed E-state index contributed by atoms with van der Waals surface area (Å²) < 4.78 is 0. The first-order valence-electron chi connectivity index (χ1n) is 7.38. The molecule has 0 saturated heterocycles. The third-order valence-electron chi connectivity index (χ3n) is 3.51. The number of nitrogens with zero attached hydrogens (tertiary/aromatic N) is 4. The molecule has 0 aliphatic rings. The van der Waals surface area contributed by atoms with E-state index in [4.69, 9.17) is 0 Å². The molecule has 6 nitrogen and oxygen atoms in total. The van der Waals surface area contributed by atoms with Gasteiger partial charge in [-0.15, -0.1) is 0 Å². The highest BCUT2D eigenvalue weighted by atomic mass is 32.2. The minimum Gasteiger partial charge on any atom is -0.336 e. The Bertz CT molecular complexity index is 817. The van der Waals surface area contributed by atoms with Gasteiger partial charge < -0.3 is 4.90 Å². The van der Waals surface area contributed by atoms with Gasteiger partial charge in [-0.1, -0.05) is 42.1 Å². The van der Waals surface area contributed by atoms with Crippen LogP contribution in [0.4, 0.5) is 0 Å². The molecule has 7 heteroatoms. The molecule has 24 heavy (non-hydrogen) atoms. The second kappa shape index (κ2) is 7.27. The number of aromatic nitrogens is 4. The van der Waals surface area contributed by atoms with Gasteiger partial charge in [-0.25, -0.2) is 9.97 Å². The predicted molar refractivity (Wildman–Crippen MR) is 93.6 cm³/mol. The first-order chi connectivity index (χ1) is 11.7. The molecule has 0 aliphatic heterocycles. The van der Waals surface area contributed by atoms with Crippen molar-refractivity contribution in [3.8, 4) is 11.3 Å². The molecule has 1 amide bonds. The molecule has 2 aromatic heterocycles. The second-order valence-electron chi connectivity index (χ2n) is 5.26. The Morgan fingerprint density at radius 2 is 1.92 bits per heavy atom. The van der Waals surface area contributed by atoms with Gasteiger partial charge in [-0.2, -0.15) is 5.10 Å². The van der Waals surface area contributed by atoms with Crippen molar-refractivity contribution in [3.05, 3.63) is 60.0 Å². The highest BCUT2D eigenvalue weighted by Gasteiger charge is 2.14. The van der Waals surface area contributed by atoms with E-state index in [0.29, 0.717) is 17.3 Å². The average molecular weight is 339 g/mol. The van der Waals surface area contributed by atoms with Gasteiger partial charge in [-0.3, -0.25) is 9.89 Å². The van der Waals surface area contributed by atoms with Crippen LogP contribution in [0.5, 0.6) is 0 Å². The summed E-state index contributed by atoms with van der Waals surface area (Å²) >= 11 is 1.44. The Hall–Kier alpha value is -2.67. The molecule has 2 heterocycles. The Balaban J connectivity index is 1.69. The SMILES string of the molecule is CSc1ncc(C(=O)N(C)Cc2cc(-c3ccccc3)n[nH]2)cn1. The van der Waals surface area contributed by atoms with Gasteiger partial charge in [0.2, 0.25) is 0 Å². The van der Waals surface area contributed by atoms with E-state index in [1.54, 1.807) is 24.3 Å². The fourth-order valence-corrected chi connectivity index (χ4v) is 2.60. The van der Waals surface area contributed by atoms with Crippen LogP contribution < -0.4 is 0 Å². The molecule has 0 radical (unpaired) electrons. The van der Waals surface area contributed by atoms with E-state index in [1.165, 1.54) is 11.8 Å². The van der Waals surface area contributed by atoms with E-state index in [0.717, 1.165) is 17.0 Å². The zero-order valence-electron chi connectivity index (χ0n) is 13.4. The molecule has 0 aliphatic carbocycles. The molecule has 122 valence electrons. The Morgan fingerprint density at radius 1 is 1.21 bits per heavy atom. The van der Waals surface area contributed by atoms with Crippen LogP contribution in [0, 0.1) is 0 Å². The molecule has 0 unspecified atom stereocenters. The lowest BCUT2D eigenvalue weighted by atomic mass is 10.1. The van der Waals surface area contributed by atoms with Crippen molar-refractivity contribution < 1.29 is 4.79 Å². The maximum Gasteiger partial charge on any atom is 0.257 e. The molecule has 0 atom stereocenters. The standard InChI is InChI=1S/C17H17N5OS/c1-22(16(23)13-9-18-17(24-2)19-10-13)11-14-8-15(21-20-14)12-6-4-3-5-7-12/h3-10H,11H2,1-2H3,(H,20,21). The first-order valence-corrected chi connectivity index (χ1v) is 8.61. The molecule has 0 spiro atoms. The lowest BCUT2D eigenvalue weighted by Gasteiger charge is -2.15. The summed E-state index contributed by atoms with van der Waals surface area (Å²) in [5.74, 6) is -0.126. The number of amides is 1. The number of nitrogens with one attached hydrogen (secondary N) is 1. The van der Waals surface area contributed by atoms with E-state index in [-0.39, 0.29) is 5.91 Å². The topological polar surface area (TPSA) is 74.8 Å². The number of rotatable bonds is 5. The number of carbonyl (C=O) groups is 1. The predicted octanol–water partition coefficient (Wildman–Crippen LogP) is 2.86. The molecular formula is C17H17N5OS. The van der Waals surface area contributed by atoms with Crippen molar-refractivity contribution in [2.24, 2.45) is 0 Å². The highest BCUT2D eigenvalue weighted by Crippen LogP contribution is 2.18. The van der Waals surface area contributed by atoms with Crippen molar-refractivity contribution in [3.63, 3.8) is 0 Å². The summed E-state index contributed by atoms with van der Waals surface area (Å²) in [5, 5.41) is 7.93. The van der Waals surface area contributed by atoms with Crippen LogP contribution in [0.1, 0.15) is 16.1 Å². The third kappa shape index (κ3) is 3.62. The molecular weight excluding hydrogens is 322 g/mol. The van der Waals surface area contributed by atoms with Crippen LogP contribution in [-0.2, 0) is 6.54 Å². The highest BCUT2D eigenvalue weighted by molar-refractivity contribution is 7.98. The van der Waals surface area contributed by atoms with Crippen molar-refractivity contribution >= 4 is 17.7 Å². The van der Waals surface area contributed by atoms with Crippen LogP contribution in [-0.4, -0.2) is 44.3 Å². The van der Waals surface area contributed by atoms with Crippen molar-refractivity contribution in [2.45, 2.75) is 11.7 Å². The zero-order valence-corrected chi connectivity index (χ0v) is 14.2. The van der Waals surface area contributed by atoms with Gasteiger partial charge in [-0.05, 0) is 12.3 Å². The summed E-state index contributed by atoms with van der Waals surface area (Å²) in [4.78, 5) is 22.3. The molecule has 3 aromatic rings. The second-order valence-corrected chi connectivity index (χ2v) is 6.04. The van der Waals surface area contributed by atoms with E-state index in [1.807, 2.05) is 42.7 Å². The lowest BCUT2D eigenvalue weighted by molar-refractivity contribution is 0.0782. The van der Waals surface area contributed by atoms with Gasteiger partial charge >= 0.3 is 0 Å². The third-order valence-corrected chi connectivity index (χ3v) is 4.09. The van der Waals surface area contributed by atoms with Crippen LogP contribution in [0.2, 0.25) is 0 Å². The molecule has 0 bridgehead atoms. The van der Waals surface area contributed by atoms with Crippen molar-refractivity contribution in [2.75, 3.05) is 13.3 Å². The summed E-state index contributed by atoms with van der Waals surface area (Å²) in [6.45, 7) is 0.433. The average Bonchev–Trinajstić information content (AvgIpc) is 3.10. The summed E-state index contributed by atoms with van der Waals surface area (Å²) in [5.41, 5.74) is 3.23. The van der Waals surface area contributed by atoms with E-state index < -0.39 is 0 Å². The first kappa shape index (κ1) is 16.2. The Labute approximate surface area is 144 Å². The van der Waals surface area contributed by atoms with Gasteiger partial charge in [0.25, 0.3) is 5.91 Å². The maximum atomic E-state index is 12.4. The number of H-pyrrole nitrogens is 1.